The third-order valence-electron chi connectivity index (χ3n) is 2.57. The Morgan fingerprint density at radius 1 is 1.00 bits per heavy atom. The molecule has 0 radical (unpaired) electrons. The van der Waals surface area contributed by atoms with Crippen LogP contribution in [0.3, 0.4) is 0 Å². The van der Waals surface area contributed by atoms with Gasteiger partial charge in [-0.2, -0.15) is 0 Å². The predicted molar refractivity (Wildman–Crippen MR) is 75.9 cm³/mol. The van der Waals surface area contributed by atoms with Crippen LogP contribution < -0.4 is 5.73 Å². The molecule has 2 N–H and O–H groups in total. The van der Waals surface area contributed by atoms with E-state index in [-0.39, 0.29) is 10.6 Å². The van der Waals surface area contributed by atoms with Gasteiger partial charge in [-0.25, -0.2) is 8.42 Å². The first-order valence-electron chi connectivity index (χ1n) is 5.31. The first-order valence-corrected chi connectivity index (χ1v) is 7.76. The summed E-state index contributed by atoms with van der Waals surface area (Å²) in [4.78, 5) is 0.285. The van der Waals surface area contributed by atoms with Crippen molar-refractivity contribution in [2.24, 2.45) is 0 Å². The number of para-hydroxylation sites is 1. The first-order chi connectivity index (χ1) is 8.50. The van der Waals surface area contributed by atoms with E-state index >= 15 is 0 Å². The lowest BCUT2D eigenvalue weighted by Crippen LogP contribution is -2.07. The van der Waals surface area contributed by atoms with E-state index in [0.717, 1.165) is 0 Å². The highest BCUT2D eigenvalue weighted by molar-refractivity contribution is 9.10. The molecule has 2 aromatic rings. The summed E-state index contributed by atoms with van der Waals surface area (Å²) in [6.45, 7) is 0. The van der Waals surface area contributed by atoms with Crippen molar-refractivity contribution in [3.05, 3.63) is 58.6 Å². The van der Waals surface area contributed by atoms with Crippen LogP contribution in [0.4, 0.5) is 5.69 Å². The Hall–Kier alpha value is -1.33. The second-order valence-electron chi connectivity index (χ2n) is 3.89. The van der Waals surface area contributed by atoms with Gasteiger partial charge in [-0.05, 0) is 39.7 Å². The van der Waals surface area contributed by atoms with E-state index in [1.54, 1.807) is 48.5 Å². The van der Waals surface area contributed by atoms with E-state index in [1.165, 1.54) is 0 Å². The zero-order valence-corrected chi connectivity index (χ0v) is 11.9. The molecule has 0 aliphatic heterocycles. The van der Waals surface area contributed by atoms with Crippen molar-refractivity contribution in [2.45, 2.75) is 10.6 Å². The van der Waals surface area contributed by atoms with Crippen molar-refractivity contribution >= 4 is 31.5 Å². The third-order valence-corrected chi connectivity index (χ3v) is 5.24. The molecule has 0 aliphatic rings. The molecule has 3 nitrogen and oxygen atoms in total. The lowest BCUT2D eigenvalue weighted by atomic mass is 10.2. The zero-order valence-electron chi connectivity index (χ0n) is 9.51. The van der Waals surface area contributed by atoms with Gasteiger partial charge in [0.05, 0.1) is 10.6 Å². The van der Waals surface area contributed by atoms with Gasteiger partial charge in [0.15, 0.2) is 9.84 Å². The van der Waals surface area contributed by atoms with E-state index < -0.39 is 9.84 Å². The van der Waals surface area contributed by atoms with E-state index in [0.29, 0.717) is 15.7 Å². The van der Waals surface area contributed by atoms with Crippen molar-refractivity contribution in [2.75, 3.05) is 5.73 Å². The number of hydrogen-bond acceptors (Lipinski definition) is 3. The lowest BCUT2D eigenvalue weighted by Gasteiger charge is -2.08. The minimum atomic E-state index is -3.39. The van der Waals surface area contributed by atoms with Gasteiger partial charge in [-0.3, -0.25) is 0 Å². The summed E-state index contributed by atoms with van der Waals surface area (Å²) in [5, 5.41) is 0. The van der Waals surface area contributed by atoms with Crippen LogP contribution in [0.1, 0.15) is 5.56 Å². The maximum Gasteiger partial charge on any atom is 0.183 e. The van der Waals surface area contributed by atoms with Crippen LogP contribution >= 0.6 is 15.9 Å². The van der Waals surface area contributed by atoms with Crippen LogP contribution in [0.25, 0.3) is 0 Å². The number of rotatable bonds is 3. The topological polar surface area (TPSA) is 60.2 Å². The van der Waals surface area contributed by atoms with Gasteiger partial charge in [0.1, 0.15) is 0 Å². The Morgan fingerprint density at radius 2 is 1.61 bits per heavy atom. The van der Waals surface area contributed by atoms with Crippen molar-refractivity contribution in [1.29, 1.82) is 0 Å². The maximum atomic E-state index is 12.3. The van der Waals surface area contributed by atoms with Crippen molar-refractivity contribution < 1.29 is 8.42 Å². The number of nitrogen functional groups attached to an aromatic ring is 1. The van der Waals surface area contributed by atoms with Crippen LogP contribution in [-0.4, -0.2) is 8.42 Å². The van der Waals surface area contributed by atoms with Gasteiger partial charge in [-0.15, -0.1) is 0 Å². The second kappa shape index (κ2) is 5.12. The molecule has 0 aromatic heterocycles. The maximum absolute atomic E-state index is 12.3. The highest BCUT2D eigenvalue weighted by atomic mass is 79.9. The molecule has 0 bridgehead atoms. The van der Waals surface area contributed by atoms with Crippen molar-refractivity contribution in [3.63, 3.8) is 0 Å². The fourth-order valence-corrected chi connectivity index (χ4v) is 4.15. The van der Waals surface area contributed by atoms with E-state index in [1.807, 2.05) is 0 Å². The third kappa shape index (κ3) is 2.73. The van der Waals surface area contributed by atoms with Gasteiger partial charge < -0.3 is 5.73 Å². The van der Waals surface area contributed by atoms with Crippen molar-refractivity contribution in [3.8, 4) is 0 Å². The molecule has 2 aromatic carbocycles. The average Bonchev–Trinajstić information content (AvgIpc) is 2.32. The standard InChI is InChI=1S/C13H12BrNO2S/c14-11-6-2-4-8-13(11)18(16,17)9-10-5-1-3-7-12(10)15/h1-8H,9,15H2. The monoisotopic (exact) mass is 325 g/mol. The molecule has 0 aliphatic carbocycles. The Balaban J connectivity index is 2.40. The van der Waals surface area contributed by atoms with Gasteiger partial charge >= 0.3 is 0 Å². The smallest absolute Gasteiger partial charge is 0.183 e. The largest absolute Gasteiger partial charge is 0.398 e. The summed E-state index contributed by atoms with van der Waals surface area (Å²) >= 11 is 3.25. The molecule has 0 spiro atoms. The zero-order chi connectivity index (χ0) is 13.2. The number of hydrogen-bond donors (Lipinski definition) is 1. The second-order valence-corrected chi connectivity index (χ2v) is 6.70. The molecular weight excluding hydrogens is 314 g/mol. The molecule has 18 heavy (non-hydrogen) atoms. The normalized spacial score (nSPS) is 11.4. The van der Waals surface area contributed by atoms with Gasteiger partial charge in [0.25, 0.3) is 0 Å². The molecule has 5 heteroatoms. The molecule has 0 saturated carbocycles. The quantitative estimate of drug-likeness (QED) is 0.882. The summed E-state index contributed by atoms with van der Waals surface area (Å²) in [5.74, 6) is -0.0950. The highest BCUT2D eigenvalue weighted by Gasteiger charge is 2.18. The number of halogens is 1. The Kier molecular flexibility index (Phi) is 3.73. The lowest BCUT2D eigenvalue weighted by molar-refractivity contribution is 0.595. The van der Waals surface area contributed by atoms with Crippen LogP contribution in [0.15, 0.2) is 57.9 Å². The van der Waals surface area contributed by atoms with Gasteiger partial charge in [-0.1, -0.05) is 30.3 Å². The SMILES string of the molecule is Nc1ccccc1CS(=O)(=O)c1ccccc1Br. The molecule has 0 unspecified atom stereocenters. The molecule has 0 heterocycles. The van der Waals surface area contributed by atoms with Crippen LogP contribution in [0, 0.1) is 0 Å². The number of benzene rings is 2. The molecule has 0 saturated heterocycles. The Labute approximate surface area is 115 Å². The van der Waals surface area contributed by atoms with Crippen LogP contribution in [-0.2, 0) is 15.6 Å². The van der Waals surface area contributed by atoms with Crippen LogP contribution in [0.5, 0.6) is 0 Å². The summed E-state index contributed by atoms with van der Waals surface area (Å²) in [6, 6.07) is 13.8. The molecule has 0 fully saturated rings. The first kappa shape index (κ1) is 13.1. The fourth-order valence-electron chi connectivity index (χ4n) is 1.65. The minimum Gasteiger partial charge on any atom is -0.398 e. The molecule has 0 amide bonds. The predicted octanol–water partition coefficient (Wildman–Crippen LogP) is 3.01. The molecule has 94 valence electrons. The molecule has 0 atom stereocenters. The fraction of sp³-hybridized carbons (Fsp3) is 0.0769. The number of anilines is 1. The van der Waals surface area contributed by atoms with E-state index in [4.69, 9.17) is 5.73 Å². The summed E-state index contributed by atoms with van der Waals surface area (Å²) in [6.07, 6.45) is 0. The van der Waals surface area contributed by atoms with Crippen LogP contribution in [0.2, 0.25) is 0 Å². The molecular formula is C13H12BrNO2S. The Bertz CT molecular complexity index is 668. The summed E-state index contributed by atoms with van der Waals surface area (Å²) in [7, 11) is -3.39. The van der Waals surface area contributed by atoms with Crippen molar-refractivity contribution in [1.82, 2.24) is 0 Å². The summed E-state index contributed by atoms with van der Waals surface area (Å²) in [5.41, 5.74) is 6.88. The minimum absolute atomic E-state index is 0.0950. The van der Waals surface area contributed by atoms with Gasteiger partial charge in [0.2, 0.25) is 0 Å². The van der Waals surface area contributed by atoms with E-state index in [9.17, 15) is 8.42 Å². The summed E-state index contributed by atoms with van der Waals surface area (Å²) < 4.78 is 25.1. The molecule has 2 rings (SSSR count). The Morgan fingerprint density at radius 3 is 2.28 bits per heavy atom. The number of nitrogens with two attached hydrogens (primary N) is 1. The number of sulfone groups is 1. The highest BCUT2D eigenvalue weighted by Crippen LogP contribution is 2.26. The van der Waals surface area contributed by atoms with E-state index in [2.05, 4.69) is 15.9 Å². The van der Waals surface area contributed by atoms with Gasteiger partial charge in [0, 0.05) is 10.2 Å². The average molecular weight is 326 g/mol.